The van der Waals surface area contributed by atoms with Crippen molar-refractivity contribution in [2.45, 2.75) is 18.1 Å². The minimum absolute atomic E-state index is 0.233. The van der Waals surface area contributed by atoms with Crippen LogP contribution in [0.1, 0.15) is 12.1 Å². The van der Waals surface area contributed by atoms with Crippen LogP contribution in [-0.4, -0.2) is 45.1 Å². The normalized spacial score (nSPS) is 18.0. The topological polar surface area (TPSA) is 78.9 Å². The van der Waals surface area contributed by atoms with Crippen molar-refractivity contribution in [3.63, 3.8) is 0 Å². The number of nitrogens with one attached hydrogen (secondary N) is 2. The first-order valence-electron chi connectivity index (χ1n) is 8.84. The molecule has 3 aromatic heterocycles. The Bertz CT molecular complexity index is 1020. The zero-order chi connectivity index (χ0) is 19.4. The lowest BCUT2D eigenvalue weighted by Gasteiger charge is -2.56. The van der Waals surface area contributed by atoms with Crippen LogP contribution >= 0.6 is 0 Å². The number of rotatable bonds is 3. The fourth-order valence-corrected chi connectivity index (χ4v) is 3.56. The summed E-state index contributed by atoms with van der Waals surface area (Å²) in [6, 6.07) is 6.03. The second-order valence-corrected chi connectivity index (χ2v) is 7.13. The smallest absolute Gasteiger partial charge is 0.353 e. The second-order valence-electron chi connectivity index (χ2n) is 7.13. The third-order valence-corrected chi connectivity index (χ3v) is 5.20. The van der Waals surface area contributed by atoms with Gasteiger partial charge in [0.15, 0.2) is 5.82 Å². The Morgan fingerprint density at radius 1 is 1.07 bits per heavy atom. The van der Waals surface area contributed by atoms with Crippen LogP contribution in [0.2, 0.25) is 0 Å². The number of hydrogen-bond donors (Lipinski definition) is 2. The SMILES string of the molecule is FC(F)(F)c1ccc(Nc2ncnc3ccc(N4CC5(CCN5)C4)nc23)cn1. The molecule has 5 rings (SSSR count). The van der Waals surface area contributed by atoms with Gasteiger partial charge in [0.05, 0.1) is 22.9 Å². The Morgan fingerprint density at radius 2 is 1.89 bits per heavy atom. The first-order chi connectivity index (χ1) is 13.4. The van der Waals surface area contributed by atoms with E-state index >= 15 is 0 Å². The Morgan fingerprint density at radius 3 is 2.54 bits per heavy atom. The molecule has 2 saturated heterocycles. The number of fused-ring (bicyclic) bond motifs is 1. The van der Waals surface area contributed by atoms with Crippen molar-refractivity contribution in [1.29, 1.82) is 0 Å². The summed E-state index contributed by atoms with van der Waals surface area (Å²) in [4.78, 5) is 18.8. The predicted octanol–water partition coefficient (Wildman–Crippen LogP) is 2.73. The van der Waals surface area contributed by atoms with Crippen molar-refractivity contribution < 1.29 is 13.2 Å². The van der Waals surface area contributed by atoms with Crippen LogP contribution in [0.5, 0.6) is 0 Å². The van der Waals surface area contributed by atoms with Crippen molar-refractivity contribution in [2.75, 3.05) is 29.9 Å². The Hall–Kier alpha value is -3.01. The van der Waals surface area contributed by atoms with Gasteiger partial charge in [0.1, 0.15) is 23.4 Å². The number of halogens is 3. The summed E-state index contributed by atoms with van der Waals surface area (Å²) in [5, 5.41) is 6.45. The molecule has 144 valence electrons. The third kappa shape index (κ3) is 2.89. The maximum Gasteiger partial charge on any atom is 0.433 e. The van der Waals surface area contributed by atoms with Gasteiger partial charge in [0.25, 0.3) is 0 Å². The molecule has 2 fully saturated rings. The van der Waals surface area contributed by atoms with E-state index in [1.807, 2.05) is 12.1 Å². The van der Waals surface area contributed by atoms with Crippen LogP contribution < -0.4 is 15.5 Å². The van der Waals surface area contributed by atoms with Crippen molar-refractivity contribution in [3.05, 3.63) is 42.5 Å². The molecule has 0 unspecified atom stereocenters. The van der Waals surface area contributed by atoms with Gasteiger partial charge in [-0.15, -0.1) is 0 Å². The lowest BCUT2D eigenvalue weighted by atomic mass is 9.80. The predicted molar refractivity (Wildman–Crippen MR) is 97.4 cm³/mol. The molecule has 0 radical (unpaired) electrons. The standard InChI is InChI=1S/C18H16F3N7/c19-18(20,21)13-3-1-11(7-22-13)26-16-15-12(23-10-24-16)2-4-14(27-15)28-8-17(9-28)5-6-25-17/h1-4,7,10,25H,5-6,8-9H2,(H,23,24,26). The number of pyridine rings is 2. The van der Waals surface area contributed by atoms with Crippen LogP contribution in [0, 0.1) is 0 Å². The first kappa shape index (κ1) is 17.1. The fourth-order valence-electron chi connectivity index (χ4n) is 3.56. The molecule has 0 atom stereocenters. The fraction of sp³-hybridized carbons (Fsp3) is 0.333. The molecule has 0 aromatic carbocycles. The van der Waals surface area contributed by atoms with E-state index in [9.17, 15) is 13.2 Å². The Labute approximate surface area is 158 Å². The molecule has 2 aliphatic heterocycles. The average Bonchev–Trinajstić information content (AvgIpc) is 2.59. The number of alkyl halides is 3. The number of nitrogens with zero attached hydrogens (tertiary/aromatic N) is 5. The summed E-state index contributed by atoms with van der Waals surface area (Å²) in [6.45, 7) is 2.87. The molecule has 0 aliphatic carbocycles. The third-order valence-electron chi connectivity index (χ3n) is 5.20. The van der Waals surface area contributed by atoms with Gasteiger partial charge in [0.2, 0.25) is 0 Å². The largest absolute Gasteiger partial charge is 0.433 e. The van der Waals surface area contributed by atoms with Crippen molar-refractivity contribution in [3.8, 4) is 0 Å². The molecule has 0 saturated carbocycles. The minimum atomic E-state index is -4.47. The van der Waals surface area contributed by atoms with Crippen LogP contribution in [-0.2, 0) is 6.18 Å². The van der Waals surface area contributed by atoms with Crippen molar-refractivity contribution in [1.82, 2.24) is 25.3 Å². The average molecular weight is 387 g/mol. The summed E-state index contributed by atoms with van der Waals surface area (Å²) >= 11 is 0. The number of hydrogen-bond acceptors (Lipinski definition) is 7. The highest BCUT2D eigenvalue weighted by atomic mass is 19.4. The summed E-state index contributed by atoms with van der Waals surface area (Å²) in [7, 11) is 0. The molecule has 3 aromatic rings. The molecule has 10 heteroatoms. The van der Waals surface area contributed by atoms with E-state index in [2.05, 4.69) is 35.5 Å². The van der Waals surface area contributed by atoms with Gasteiger partial charge in [-0.2, -0.15) is 13.2 Å². The summed E-state index contributed by atoms with van der Waals surface area (Å²) in [6.07, 6.45) is -0.781. The van der Waals surface area contributed by atoms with Crippen LogP contribution in [0.4, 0.5) is 30.5 Å². The summed E-state index contributed by atoms with van der Waals surface area (Å²) < 4.78 is 38.0. The minimum Gasteiger partial charge on any atom is -0.353 e. The molecular weight excluding hydrogens is 371 g/mol. The molecule has 1 spiro atoms. The highest BCUT2D eigenvalue weighted by molar-refractivity contribution is 5.88. The molecule has 0 amide bonds. The quantitative estimate of drug-likeness (QED) is 0.715. The zero-order valence-corrected chi connectivity index (χ0v) is 14.7. The van der Waals surface area contributed by atoms with Gasteiger partial charge < -0.3 is 15.5 Å². The van der Waals surface area contributed by atoms with Gasteiger partial charge in [-0.25, -0.2) is 19.9 Å². The molecule has 2 N–H and O–H groups in total. The van der Waals surface area contributed by atoms with E-state index in [0.29, 0.717) is 22.5 Å². The van der Waals surface area contributed by atoms with Crippen molar-refractivity contribution >= 4 is 28.4 Å². The highest BCUT2D eigenvalue weighted by Gasteiger charge is 2.47. The number of anilines is 3. The van der Waals surface area contributed by atoms with Gasteiger partial charge in [0, 0.05) is 13.1 Å². The maximum atomic E-state index is 12.7. The van der Waals surface area contributed by atoms with Crippen LogP contribution in [0.25, 0.3) is 11.0 Å². The molecule has 28 heavy (non-hydrogen) atoms. The maximum absolute atomic E-state index is 12.7. The highest BCUT2D eigenvalue weighted by Crippen LogP contribution is 2.34. The Balaban J connectivity index is 1.41. The summed E-state index contributed by atoms with van der Waals surface area (Å²) in [5.41, 5.74) is 0.890. The molecule has 7 nitrogen and oxygen atoms in total. The Kier molecular flexibility index (Phi) is 3.66. The molecule has 2 aliphatic rings. The number of aromatic nitrogens is 4. The van der Waals surface area contributed by atoms with E-state index in [4.69, 9.17) is 0 Å². The van der Waals surface area contributed by atoms with Gasteiger partial charge in [-0.3, -0.25) is 0 Å². The lowest BCUT2D eigenvalue weighted by molar-refractivity contribution is -0.141. The van der Waals surface area contributed by atoms with Crippen LogP contribution in [0.15, 0.2) is 36.8 Å². The van der Waals surface area contributed by atoms with Gasteiger partial charge >= 0.3 is 6.18 Å². The molecule has 5 heterocycles. The lowest BCUT2D eigenvalue weighted by Crippen LogP contribution is -2.76. The van der Waals surface area contributed by atoms with E-state index < -0.39 is 11.9 Å². The zero-order valence-electron chi connectivity index (χ0n) is 14.7. The van der Waals surface area contributed by atoms with E-state index in [1.165, 1.54) is 18.8 Å². The van der Waals surface area contributed by atoms with Gasteiger partial charge in [-0.1, -0.05) is 0 Å². The second kappa shape index (κ2) is 5.99. The molecule has 0 bridgehead atoms. The van der Waals surface area contributed by atoms with Gasteiger partial charge in [-0.05, 0) is 37.2 Å². The van der Waals surface area contributed by atoms with E-state index in [0.717, 1.165) is 37.7 Å². The molecular formula is C18H16F3N7. The van der Waals surface area contributed by atoms with E-state index in [-0.39, 0.29) is 5.54 Å². The van der Waals surface area contributed by atoms with E-state index in [1.54, 1.807) is 0 Å². The van der Waals surface area contributed by atoms with Crippen molar-refractivity contribution in [2.24, 2.45) is 0 Å². The van der Waals surface area contributed by atoms with Crippen LogP contribution in [0.3, 0.4) is 0 Å². The summed E-state index contributed by atoms with van der Waals surface area (Å²) in [5.74, 6) is 1.25. The monoisotopic (exact) mass is 387 g/mol. The first-order valence-corrected chi connectivity index (χ1v) is 8.84.